The third kappa shape index (κ3) is 3.97. The van der Waals surface area contributed by atoms with E-state index in [4.69, 9.17) is 5.73 Å². The normalized spacial score (nSPS) is 10.7. The molecule has 9 heteroatoms. The van der Waals surface area contributed by atoms with E-state index >= 15 is 0 Å². The molecule has 2 N–H and O–H groups in total. The highest BCUT2D eigenvalue weighted by Crippen LogP contribution is 2.15. The van der Waals surface area contributed by atoms with Crippen molar-refractivity contribution in [1.82, 2.24) is 19.4 Å². The molecule has 27 heavy (non-hydrogen) atoms. The first kappa shape index (κ1) is 20.1. The van der Waals surface area contributed by atoms with Gasteiger partial charge >= 0.3 is 0 Å². The minimum Gasteiger partial charge on any atom is -0.365 e. The smallest absolute Gasteiger partial charge is 0.265 e. The van der Waals surface area contributed by atoms with Crippen molar-refractivity contribution in [2.24, 2.45) is 5.73 Å². The van der Waals surface area contributed by atoms with Crippen LogP contribution in [0.3, 0.4) is 0 Å². The fraction of sp³-hybridized carbons (Fsp3) is 0.389. The Morgan fingerprint density at radius 3 is 2.30 bits per heavy atom. The second-order valence-electron chi connectivity index (χ2n) is 6.22. The Balaban J connectivity index is 2.68. The van der Waals surface area contributed by atoms with Gasteiger partial charge in [-0.05, 0) is 26.0 Å². The molecule has 0 saturated carbocycles. The number of pyridine rings is 2. The molecule has 2 heterocycles. The topological polar surface area (TPSA) is 119 Å². The Labute approximate surface area is 156 Å². The summed E-state index contributed by atoms with van der Waals surface area (Å²) in [5, 5.41) is 0.378. The van der Waals surface area contributed by atoms with Gasteiger partial charge in [0.2, 0.25) is 5.91 Å². The average Bonchev–Trinajstić information content (AvgIpc) is 2.63. The van der Waals surface area contributed by atoms with E-state index in [2.05, 4.69) is 4.98 Å². The van der Waals surface area contributed by atoms with Crippen LogP contribution in [0.2, 0.25) is 0 Å². The zero-order valence-electron chi connectivity index (χ0n) is 15.9. The van der Waals surface area contributed by atoms with Gasteiger partial charge in [-0.2, -0.15) is 0 Å². The molecule has 0 fully saturated rings. The Bertz CT molecular complexity index is 960. The third-order valence-corrected chi connectivity index (χ3v) is 4.25. The summed E-state index contributed by atoms with van der Waals surface area (Å²) >= 11 is 0. The Hall–Kier alpha value is -3.23. The molecule has 9 nitrogen and oxygen atoms in total. The van der Waals surface area contributed by atoms with Crippen LogP contribution >= 0.6 is 0 Å². The molecule has 0 aromatic carbocycles. The van der Waals surface area contributed by atoms with Crippen LogP contribution in [0, 0.1) is 0 Å². The maximum Gasteiger partial charge on any atom is 0.265 e. The number of hydrogen-bond donors (Lipinski definition) is 1. The number of primary amides is 1. The maximum absolute atomic E-state index is 12.7. The van der Waals surface area contributed by atoms with Crippen LogP contribution in [0.5, 0.6) is 0 Å². The first-order valence-electron chi connectivity index (χ1n) is 8.54. The molecule has 0 radical (unpaired) electrons. The van der Waals surface area contributed by atoms with Crippen molar-refractivity contribution < 1.29 is 14.4 Å². The summed E-state index contributed by atoms with van der Waals surface area (Å²) in [6.45, 7) is 4.38. The number of amides is 3. The van der Waals surface area contributed by atoms with Crippen LogP contribution in [-0.2, 0) is 11.3 Å². The summed E-state index contributed by atoms with van der Waals surface area (Å²) in [6.07, 6.45) is 1.34. The molecular weight excluding hydrogens is 350 g/mol. The van der Waals surface area contributed by atoms with Gasteiger partial charge in [0.05, 0.1) is 5.56 Å². The number of likely N-dealkylation sites (N-methyl/N-ethyl adjacent to an activating group) is 1. The number of carbonyl (C=O) groups is 3. The van der Waals surface area contributed by atoms with Crippen LogP contribution in [0.25, 0.3) is 11.0 Å². The van der Waals surface area contributed by atoms with E-state index in [1.54, 1.807) is 19.0 Å². The van der Waals surface area contributed by atoms with E-state index in [9.17, 15) is 19.2 Å². The van der Waals surface area contributed by atoms with E-state index in [1.807, 2.05) is 13.8 Å². The van der Waals surface area contributed by atoms with Crippen LogP contribution in [0.1, 0.15) is 34.6 Å². The van der Waals surface area contributed by atoms with Crippen molar-refractivity contribution in [2.45, 2.75) is 20.4 Å². The van der Waals surface area contributed by atoms with Crippen LogP contribution in [-0.4, -0.2) is 64.3 Å². The lowest BCUT2D eigenvalue weighted by Crippen LogP contribution is -2.38. The largest absolute Gasteiger partial charge is 0.365 e. The quantitative estimate of drug-likeness (QED) is 0.768. The highest BCUT2D eigenvalue weighted by molar-refractivity contribution is 5.99. The van der Waals surface area contributed by atoms with E-state index in [0.29, 0.717) is 24.0 Å². The second kappa shape index (κ2) is 7.98. The molecule has 2 aromatic rings. The number of carbonyl (C=O) groups excluding carboxylic acids is 3. The number of rotatable bonds is 6. The molecular formula is C18H23N5O4. The van der Waals surface area contributed by atoms with Crippen molar-refractivity contribution in [3.05, 3.63) is 39.8 Å². The number of hydrogen-bond acceptors (Lipinski definition) is 5. The molecule has 0 unspecified atom stereocenters. The van der Waals surface area contributed by atoms with Gasteiger partial charge in [0.15, 0.2) is 0 Å². The van der Waals surface area contributed by atoms with Gasteiger partial charge in [0, 0.05) is 38.8 Å². The molecule has 3 amide bonds. The minimum atomic E-state index is -0.907. The molecule has 0 bridgehead atoms. The van der Waals surface area contributed by atoms with E-state index < -0.39 is 11.5 Å². The summed E-state index contributed by atoms with van der Waals surface area (Å²) in [7, 11) is 3.20. The predicted molar refractivity (Wildman–Crippen MR) is 100 cm³/mol. The number of fused-ring (bicyclic) bond motifs is 1. The maximum atomic E-state index is 12.7. The summed E-state index contributed by atoms with van der Waals surface area (Å²) in [5.74, 6) is -1.46. The van der Waals surface area contributed by atoms with Crippen LogP contribution < -0.4 is 11.3 Å². The first-order chi connectivity index (χ1) is 12.7. The van der Waals surface area contributed by atoms with Gasteiger partial charge in [-0.15, -0.1) is 0 Å². The van der Waals surface area contributed by atoms with Gasteiger partial charge in [0.25, 0.3) is 17.4 Å². The van der Waals surface area contributed by atoms with Gasteiger partial charge in [-0.1, -0.05) is 0 Å². The molecule has 0 spiro atoms. The molecule has 144 valence electrons. The van der Waals surface area contributed by atoms with Crippen molar-refractivity contribution in [1.29, 1.82) is 0 Å². The summed E-state index contributed by atoms with van der Waals surface area (Å²) < 4.78 is 1.12. The van der Waals surface area contributed by atoms with Gasteiger partial charge < -0.3 is 15.5 Å². The second-order valence-corrected chi connectivity index (χ2v) is 6.22. The lowest BCUT2D eigenvalue weighted by Gasteiger charge is -2.20. The number of aromatic nitrogens is 2. The zero-order chi connectivity index (χ0) is 20.3. The monoisotopic (exact) mass is 373 g/mol. The van der Waals surface area contributed by atoms with Crippen LogP contribution in [0.15, 0.2) is 23.1 Å². The van der Waals surface area contributed by atoms with Crippen molar-refractivity contribution >= 4 is 28.8 Å². The lowest BCUT2D eigenvalue weighted by molar-refractivity contribution is -0.131. The molecule has 2 aromatic heterocycles. The molecule has 0 aliphatic rings. The van der Waals surface area contributed by atoms with E-state index in [0.717, 1.165) is 4.57 Å². The molecule has 2 rings (SSSR count). The summed E-state index contributed by atoms with van der Waals surface area (Å²) in [4.78, 5) is 56.2. The first-order valence-corrected chi connectivity index (χ1v) is 8.54. The van der Waals surface area contributed by atoms with Crippen molar-refractivity contribution in [3.63, 3.8) is 0 Å². The summed E-state index contributed by atoms with van der Waals surface area (Å²) in [5.41, 5.74) is 4.88. The molecule has 0 aliphatic heterocycles. The van der Waals surface area contributed by atoms with Crippen LogP contribution in [0.4, 0.5) is 0 Å². The lowest BCUT2D eigenvalue weighted by atomic mass is 10.1. The highest BCUT2D eigenvalue weighted by Gasteiger charge is 2.19. The van der Waals surface area contributed by atoms with Gasteiger partial charge in [0.1, 0.15) is 17.8 Å². The van der Waals surface area contributed by atoms with Gasteiger partial charge in [-0.3, -0.25) is 23.7 Å². The zero-order valence-corrected chi connectivity index (χ0v) is 15.9. The van der Waals surface area contributed by atoms with E-state index in [-0.39, 0.29) is 29.6 Å². The SMILES string of the molecule is CCN(CC)C(=O)Cn1c(=O)c(C(N)=O)cc2cc(C(=O)N(C)C)cnc21. The third-order valence-electron chi connectivity index (χ3n) is 4.25. The fourth-order valence-corrected chi connectivity index (χ4v) is 2.78. The number of nitrogens with two attached hydrogens (primary N) is 1. The highest BCUT2D eigenvalue weighted by atomic mass is 16.2. The predicted octanol–water partition coefficient (Wildman–Crippen LogP) is 0.0656. The average molecular weight is 373 g/mol. The van der Waals surface area contributed by atoms with E-state index in [1.165, 1.54) is 23.2 Å². The molecule has 0 saturated heterocycles. The number of nitrogens with zero attached hydrogens (tertiary/aromatic N) is 4. The standard InChI is InChI=1S/C18H23N5O4/c1-5-22(6-2)14(24)10-23-16-11(8-13(15(19)25)18(23)27)7-12(9-20-16)17(26)21(3)4/h7-9H,5-6,10H2,1-4H3,(H2,19,25). The van der Waals surface area contributed by atoms with Crippen molar-refractivity contribution in [3.8, 4) is 0 Å². The van der Waals surface area contributed by atoms with Gasteiger partial charge in [-0.25, -0.2) is 4.98 Å². The Kier molecular flexibility index (Phi) is 5.94. The van der Waals surface area contributed by atoms with Crippen molar-refractivity contribution in [2.75, 3.05) is 27.2 Å². The molecule has 0 aliphatic carbocycles. The fourth-order valence-electron chi connectivity index (χ4n) is 2.78. The summed E-state index contributed by atoms with van der Waals surface area (Å²) in [6, 6.07) is 2.83. The minimum absolute atomic E-state index is 0.209. The Morgan fingerprint density at radius 2 is 1.78 bits per heavy atom. The Morgan fingerprint density at radius 1 is 1.15 bits per heavy atom. The molecule has 0 atom stereocenters.